The summed E-state index contributed by atoms with van der Waals surface area (Å²) in [6.07, 6.45) is 3.15. The molecule has 2 aromatic heterocycles. The molecule has 4 aromatic rings. The molecule has 0 radical (unpaired) electrons. The van der Waals surface area contributed by atoms with Gasteiger partial charge in [-0.1, -0.05) is 30.0 Å². The van der Waals surface area contributed by atoms with Gasteiger partial charge in [0.05, 0.1) is 23.0 Å². The van der Waals surface area contributed by atoms with Crippen LogP contribution in [0, 0.1) is 5.82 Å². The number of rotatable bonds is 8. The first-order valence-corrected chi connectivity index (χ1v) is 12.4. The van der Waals surface area contributed by atoms with E-state index in [1.807, 2.05) is 35.2 Å². The maximum absolute atomic E-state index is 13.3. The fourth-order valence-electron chi connectivity index (χ4n) is 3.96. The molecule has 5 rings (SSSR count). The van der Waals surface area contributed by atoms with Gasteiger partial charge in [0.1, 0.15) is 29.5 Å². The first-order valence-electron chi connectivity index (χ1n) is 11.4. The van der Waals surface area contributed by atoms with Crippen LogP contribution in [0.15, 0.2) is 72.1 Å². The number of hydrogen-bond donors (Lipinski definition) is 0. The van der Waals surface area contributed by atoms with E-state index in [0.29, 0.717) is 41.8 Å². The van der Waals surface area contributed by atoms with Crippen molar-refractivity contribution in [2.24, 2.45) is 0 Å². The van der Waals surface area contributed by atoms with Gasteiger partial charge in [0.15, 0.2) is 5.65 Å². The average Bonchev–Trinajstić information content (AvgIpc) is 3.34. The van der Waals surface area contributed by atoms with Crippen LogP contribution in [0.5, 0.6) is 5.75 Å². The van der Waals surface area contributed by atoms with E-state index in [2.05, 4.69) is 20.0 Å². The minimum absolute atomic E-state index is 0.0906. The molecule has 35 heavy (non-hydrogen) atoms. The highest BCUT2D eigenvalue weighted by Gasteiger charge is 2.22. The van der Waals surface area contributed by atoms with Gasteiger partial charge in [-0.05, 0) is 36.4 Å². The number of halogens is 1. The van der Waals surface area contributed by atoms with Crippen LogP contribution in [-0.4, -0.2) is 80.5 Å². The Morgan fingerprint density at radius 1 is 1.00 bits per heavy atom. The van der Waals surface area contributed by atoms with Crippen molar-refractivity contribution in [2.75, 3.05) is 45.1 Å². The Bertz CT molecular complexity index is 1280. The molecule has 8 nitrogen and oxygen atoms in total. The molecule has 1 aliphatic rings. The lowest BCUT2D eigenvalue weighted by Crippen LogP contribution is -2.50. The summed E-state index contributed by atoms with van der Waals surface area (Å²) in [5, 5.41) is 5.86. The molecule has 0 bridgehead atoms. The number of carbonyl (C=O) groups is 1. The molecule has 0 atom stereocenters. The SMILES string of the molecule is O=C(CSc1ncnc2c1cnn2-c1ccc(F)cc1)N1CCN(CCOc2ccccc2)CC1. The van der Waals surface area contributed by atoms with Gasteiger partial charge in [-0.3, -0.25) is 9.69 Å². The van der Waals surface area contributed by atoms with E-state index in [4.69, 9.17) is 4.74 Å². The first kappa shape index (κ1) is 23.3. The third-order valence-electron chi connectivity index (χ3n) is 5.88. The highest BCUT2D eigenvalue weighted by molar-refractivity contribution is 8.00. The van der Waals surface area contributed by atoms with Gasteiger partial charge in [-0.15, -0.1) is 0 Å². The summed E-state index contributed by atoms with van der Waals surface area (Å²) in [4.78, 5) is 25.8. The second-order valence-corrected chi connectivity index (χ2v) is 9.09. The lowest BCUT2D eigenvalue weighted by Gasteiger charge is -2.34. The van der Waals surface area contributed by atoms with E-state index < -0.39 is 0 Å². The number of piperazine rings is 1. The van der Waals surface area contributed by atoms with E-state index >= 15 is 0 Å². The van der Waals surface area contributed by atoms with Crippen molar-refractivity contribution in [3.05, 3.63) is 72.9 Å². The minimum atomic E-state index is -0.309. The molecule has 0 spiro atoms. The van der Waals surface area contributed by atoms with Crippen molar-refractivity contribution in [1.82, 2.24) is 29.5 Å². The van der Waals surface area contributed by atoms with E-state index in [0.717, 1.165) is 30.8 Å². The fourth-order valence-corrected chi connectivity index (χ4v) is 4.82. The number of para-hydroxylation sites is 1. The highest BCUT2D eigenvalue weighted by atomic mass is 32.2. The molecule has 0 unspecified atom stereocenters. The normalized spacial score (nSPS) is 14.4. The Kier molecular flexibility index (Phi) is 7.20. The molecule has 1 saturated heterocycles. The quantitative estimate of drug-likeness (QED) is 0.276. The van der Waals surface area contributed by atoms with Gasteiger partial charge in [-0.25, -0.2) is 19.0 Å². The zero-order chi connectivity index (χ0) is 24.0. The molecule has 0 saturated carbocycles. The lowest BCUT2D eigenvalue weighted by atomic mass is 10.3. The molecular weight excluding hydrogens is 467 g/mol. The van der Waals surface area contributed by atoms with Gasteiger partial charge < -0.3 is 9.64 Å². The van der Waals surface area contributed by atoms with Crippen molar-refractivity contribution in [1.29, 1.82) is 0 Å². The number of aromatic nitrogens is 4. The van der Waals surface area contributed by atoms with Gasteiger partial charge in [0.2, 0.25) is 5.91 Å². The van der Waals surface area contributed by atoms with Crippen LogP contribution in [0.2, 0.25) is 0 Å². The van der Waals surface area contributed by atoms with Gasteiger partial charge in [0.25, 0.3) is 0 Å². The third-order valence-corrected chi connectivity index (χ3v) is 6.87. The van der Waals surface area contributed by atoms with E-state index in [-0.39, 0.29) is 11.7 Å². The Labute approximate surface area is 206 Å². The third kappa shape index (κ3) is 5.60. The molecule has 1 amide bonds. The zero-order valence-corrected chi connectivity index (χ0v) is 19.9. The summed E-state index contributed by atoms with van der Waals surface area (Å²) in [7, 11) is 0. The number of fused-ring (bicyclic) bond motifs is 1. The van der Waals surface area contributed by atoms with Gasteiger partial charge in [0, 0.05) is 32.7 Å². The fraction of sp³-hybridized carbons (Fsp3) is 0.280. The van der Waals surface area contributed by atoms with Crippen LogP contribution >= 0.6 is 11.8 Å². The van der Waals surface area contributed by atoms with E-state index in [9.17, 15) is 9.18 Å². The largest absolute Gasteiger partial charge is 0.492 e. The number of hydrogen-bond acceptors (Lipinski definition) is 7. The predicted molar refractivity (Wildman–Crippen MR) is 132 cm³/mol. The summed E-state index contributed by atoms with van der Waals surface area (Å²) in [6, 6.07) is 15.9. The van der Waals surface area contributed by atoms with Gasteiger partial charge >= 0.3 is 0 Å². The molecule has 10 heteroatoms. The van der Waals surface area contributed by atoms with Crippen molar-refractivity contribution in [3.8, 4) is 11.4 Å². The monoisotopic (exact) mass is 492 g/mol. The number of ether oxygens (including phenoxy) is 1. The zero-order valence-electron chi connectivity index (χ0n) is 19.1. The van der Waals surface area contributed by atoms with Crippen LogP contribution in [0.3, 0.4) is 0 Å². The number of nitrogens with zero attached hydrogens (tertiary/aromatic N) is 6. The summed E-state index contributed by atoms with van der Waals surface area (Å²) < 4.78 is 20.7. The van der Waals surface area contributed by atoms with Crippen LogP contribution in [0.1, 0.15) is 0 Å². The molecule has 0 N–H and O–H groups in total. The smallest absolute Gasteiger partial charge is 0.233 e. The Morgan fingerprint density at radius 2 is 1.77 bits per heavy atom. The molecule has 180 valence electrons. The number of carbonyl (C=O) groups excluding carboxylic acids is 1. The minimum Gasteiger partial charge on any atom is -0.492 e. The van der Waals surface area contributed by atoms with Crippen molar-refractivity contribution >= 4 is 28.7 Å². The first-order chi connectivity index (χ1) is 17.2. The van der Waals surface area contributed by atoms with Gasteiger partial charge in [-0.2, -0.15) is 5.10 Å². The average molecular weight is 493 g/mol. The van der Waals surface area contributed by atoms with E-state index in [1.165, 1.54) is 30.2 Å². The second-order valence-electron chi connectivity index (χ2n) is 8.12. The highest BCUT2D eigenvalue weighted by Crippen LogP contribution is 2.26. The Hall–Kier alpha value is -3.50. The van der Waals surface area contributed by atoms with Crippen LogP contribution in [0.4, 0.5) is 4.39 Å². The summed E-state index contributed by atoms with van der Waals surface area (Å²) in [6.45, 7) is 4.53. The topological polar surface area (TPSA) is 76.4 Å². The number of thioether (sulfide) groups is 1. The number of amides is 1. The maximum atomic E-state index is 13.3. The van der Waals surface area contributed by atoms with Crippen LogP contribution < -0.4 is 4.74 Å². The van der Waals surface area contributed by atoms with Crippen molar-refractivity contribution in [2.45, 2.75) is 5.03 Å². The van der Waals surface area contributed by atoms with E-state index in [1.54, 1.807) is 23.0 Å². The maximum Gasteiger partial charge on any atom is 0.233 e. The standard InChI is InChI=1S/C25H25FN6O2S/c26-19-6-8-20(9-7-19)32-24-22(16-29-32)25(28-18-27-24)35-17-23(33)31-12-10-30(11-13-31)14-15-34-21-4-2-1-3-5-21/h1-9,16,18H,10-15,17H2. The molecule has 3 heterocycles. The predicted octanol–water partition coefficient (Wildman–Crippen LogP) is 3.27. The second kappa shape index (κ2) is 10.8. The molecule has 2 aromatic carbocycles. The van der Waals surface area contributed by atoms with Crippen molar-refractivity contribution in [3.63, 3.8) is 0 Å². The Morgan fingerprint density at radius 3 is 2.54 bits per heavy atom. The summed E-state index contributed by atoms with van der Waals surface area (Å²) >= 11 is 1.39. The van der Waals surface area contributed by atoms with Crippen LogP contribution in [0.25, 0.3) is 16.7 Å². The summed E-state index contributed by atoms with van der Waals surface area (Å²) in [5.41, 5.74) is 1.33. The van der Waals surface area contributed by atoms with Crippen molar-refractivity contribution < 1.29 is 13.9 Å². The lowest BCUT2D eigenvalue weighted by molar-refractivity contribution is -0.130. The molecule has 1 aliphatic heterocycles. The molecular formula is C25H25FN6O2S. The molecule has 0 aliphatic carbocycles. The van der Waals surface area contributed by atoms with Crippen LogP contribution in [-0.2, 0) is 4.79 Å². The molecule has 1 fully saturated rings. The Balaban J connectivity index is 1.12. The number of benzene rings is 2. The summed E-state index contributed by atoms with van der Waals surface area (Å²) in [5.74, 6) is 0.953.